The highest BCUT2D eigenvalue weighted by Crippen LogP contribution is 2.18. The maximum absolute atomic E-state index is 11.0. The van der Waals surface area contributed by atoms with E-state index in [1.165, 1.54) is 32.4 Å². The summed E-state index contributed by atoms with van der Waals surface area (Å²) in [6.45, 7) is 6.31. The van der Waals surface area contributed by atoms with Crippen LogP contribution in [0.3, 0.4) is 0 Å². The fraction of sp³-hybridized carbons (Fsp3) is 0.500. The Hall–Kier alpha value is -1.88. The second kappa shape index (κ2) is 5.85. The molecule has 1 N–H and O–H groups in total. The van der Waals surface area contributed by atoms with Crippen molar-refractivity contribution in [1.29, 1.82) is 0 Å². The van der Waals surface area contributed by atoms with E-state index in [-0.39, 0.29) is 0 Å². The third-order valence-electron chi connectivity index (χ3n) is 4.27. The molecule has 0 radical (unpaired) electrons. The van der Waals surface area contributed by atoms with E-state index >= 15 is 0 Å². The molecule has 0 amide bonds. The number of benzene rings is 1. The minimum atomic E-state index is -0.905. The number of carboxylic acids is 1. The molecular formula is C16H21N3O2. The van der Waals surface area contributed by atoms with Gasteiger partial charge in [-0.1, -0.05) is 6.42 Å². The average Bonchev–Trinajstić information content (AvgIpc) is 2.80. The Bertz CT molecular complexity index is 657. The number of imidazole rings is 1. The summed E-state index contributed by atoms with van der Waals surface area (Å²) in [5.41, 5.74) is 2.09. The maximum Gasteiger partial charge on any atom is 0.335 e. The normalized spacial score (nSPS) is 16.4. The lowest BCUT2D eigenvalue weighted by Gasteiger charge is -2.26. The molecule has 0 atom stereocenters. The standard InChI is InChI=1S/C16H21N3O2/c1-12-17-14-11-13(16(20)21)5-6-15(14)19(12)10-9-18-7-3-2-4-8-18/h5-6,11H,2-4,7-10H2,1H3,(H,20,21). The van der Waals surface area contributed by atoms with Gasteiger partial charge in [0.15, 0.2) is 0 Å². The van der Waals surface area contributed by atoms with Gasteiger partial charge >= 0.3 is 5.97 Å². The fourth-order valence-electron chi connectivity index (χ4n) is 3.09. The van der Waals surface area contributed by atoms with Gasteiger partial charge in [0.05, 0.1) is 16.6 Å². The zero-order chi connectivity index (χ0) is 14.8. The number of rotatable bonds is 4. The number of hydrogen-bond donors (Lipinski definition) is 1. The Morgan fingerprint density at radius 1 is 1.24 bits per heavy atom. The number of likely N-dealkylation sites (tertiary alicyclic amines) is 1. The Morgan fingerprint density at radius 2 is 2.00 bits per heavy atom. The van der Waals surface area contributed by atoms with Crippen LogP contribution in [0.5, 0.6) is 0 Å². The largest absolute Gasteiger partial charge is 0.478 e. The monoisotopic (exact) mass is 287 g/mol. The van der Waals surface area contributed by atoms with Crippen molar-refractivity contribution in [3.63, 3.8) is 0 Å². The summed E-state index contributed by atoms with van der Waals surface area (Å²) in [6.07, 6.45) is 3.94. The summed E-state index contributed by atoms with van der Waals surface area (Å²) in [4.78, 5) is 18.0. The number of aromatic nitrogens is 2. The first-order chi connectivity index (χ1) is 10.1. The van der Waals surface area contributed by atoms with Crippen LogP contribution in [0.2, 0.25) is 0 Å². The molecule has 0 spiro atoms. The summed E-state index contributed by atoms with van der Waals surface area (Å²) < 4.78 is 2.19. The highest BCUT2D eigenvalue weighted by Gasteiger charge is 2.13. The quantitative estimate of drug-likeness (QED) is 0.938. The van der Waals surface area contributed by atoms with Crippen molar-refractivity contribution in [2.75, 3.05) is 19.6 Å². The van der Waals surface area contributed by atoms with E-state index in [0.29, 0.717) is 5.56 Å². The summed E-state index contributed by atoms with van der Waals surface area (Å²) in [5, 5.41) is 9.05. The van der Waals surface area contributed by atoms with Gasteiger partial charge in [0.25, 0.3) is 0 Å². The molecule has 2 heterocycles. The summed E-state index contributed by atoms with van der Waals surface area (Å²) in [7, 11) is 0. The van der Waals surface area contributed by atoms with Gasteiger partial charge in [-0.2, -0.15) is 0 Å². The van der Waals surface area contributed by atoms with E-state index in [1.54, 1.807) is 12.1 Å². The van der Waals surface area contributed by atoms with Gasteiger partial charge in [-0.25, -0.2) is 9.78 Å². The molecule has 1 aromatic heterocycles. The van der Waals surface area contributed by atoms with Crippen molar-refractivity contribution in [3.05, 3.63) is 29.6 Å². The second-order valence-electron chi connectivity index (χ2n) is 5.72. The topological polar surface area (TPSA) is 58.4 Å². The Balaban J connectivity index is 1.81. The zero-order valence-corrected chi connectivity index (χ0v) is 12.4. The van der Waals surface area contributed by atoms with Gasteiger partial charge in [-0.3, -0.25) is 0 Å². The first kappa shape index (κ1) is 14.1. The molecule has 0 aliphatic carbocycles. The predicted molar refractivity (Wildman–Crippen MR) is 81.7 cm³/mol. The number of aryl methyl sites for hydroxylation is 1. The van der Waals surface area contributed by atoms with Crippen LogP contribution in [0.15, 0.2) is 18.2 Å². The minimum absolute atomic E-state index is 0.295. The van der Waals surface area contributed by atoms with Crippen molar-refractivity contribution in [1.82, 2.24) is 14.5 Å². The Morgan fingerprint density at radius 3 is 2.71 bits per heavy atom. The van der Waals surface area contributed by atoms with Crippen LogP contribution < -0.4 is 0 Å². The van der Waals surface area contributed by atoms with Crippen LogP contribution in [0.4, 0.5) is 0 Å². The van der Waals surface area contributed by atoms with Crippen molar-refractivity contribution in [3.8, 4) is 0 Å². The molecule has 0 saturated carbocycles. The van der Waals surface area contributed by atoms with Crippen LogP contribution in [0.25, 0.3) is 11.0 Å². The zero-order valence-electron chi connectivity index (χ0n) is 12.4. The lowest BCUT2D eigenvalue weighted by atomic mass is 10.1. The number of piperidine rings is 1. The highest BCUT2D eigenvalue weighted by atomic mass is 16.4. The molecule has 5 heteroatoms. The number of nitrogens with zero attached hydrogens (tertiary/aromatic N) is 3. The Labute approximate surface area is 124 Å². The molecule has 21 heavy (non-hydrogen) atoms. The van der Waals surface area contributed by atoms with E-state index in [4.69, 9.17) is 5.11 Å². The average molecular weight is 287 g/mol. The van der Waals surface area contributed by atoms with Gasteiger partial charge in [0, 0.05) is 13.1 Å². The highest BCUT2D eigenvalue weighted by molar-refractivity contribution is 5.92. The molecule has 1 fully saturated rings. The van der Waals surface area contributed by atoms with Crippen molar-refractivity contribution in [2.24, 2.45) is 0 Å². The van der Waals surface area contributed by atoms with Crippen LogP contribution in [-0.2, 0) is 6.54 Å². The van der Waals surface area contributed by atoms with Gasteiger partial charge in [-0.15, -0.1) is 0 Å². The lowest BCUT2D eigenvalue weighted by Crippen LogP contribution is -2.32. The van der Waals surface area contributed by atoms with Crippen LogP contribution >= 0.6 is 0 Å². The molecular weight excluding hydrogens is 266 g/mol. The second-order valence-corrected chi connectivity index (χ2v) is 5.72. The first-order valence-corrected chi connectivity index (χ1v) is 7.58. The van der Waals surface area contributed by atoms with E-state index in [9.17, 15) is 4.79 Å². The van der Waals surface area contributed by atoms with Crippen molar-refractivity contribution >= 4 is 17.0 Å². The van der Waals surface area contributed by atoms with Crippen LogP contribution in [0, 0.1) is 6.92 Å². The van der Waals surface area contributed by atoms with Gasteiger partial charge < -0.3 is 14.6 Å². The van der Waals surface area contributed by atoms with Crippen LogP contribution in [-0.4, -0.2) is 45.2 Å². The van der Waals surface area contributed by atoms with Crippen molar-refractivity contribution < 1.29 is 9.90 Å². The van der Waals surface area contributed by atoms with E-state index in [1.807, 2.05) is 13.0 Å². The molecule has 112 valence electrons. The molecule has 0 unspecified atom stereocenters. The molecule has 3 rings (SSSR count). The van der Waals surface area contributed by atoms with Gasteiger partial charge in [-0.05, 0) is 51.1 Å². The molecule has 1 aliphatic rings. The molecule has 1 saturated heterocycles. The summed E-state index contributed by atoms with van der Waals surface area (Å²) >= 11 is 0. The van der Waals surface area contributed by atoms with Crippen molar-refractivity contribution in [2.45, 2.75) is 32.7 Å². The van der Waals surface area contributed by atoms with Gasteiger partial charge in [0.2, 0.25) is 0 Å². The number of hydrogen-bond acceptors (Lipinski definition) is 3. The van der Waals surface area contributed by atoms with E-state index < -0.39 is 5.97 Å². The molecule has 5 nitrogen and oxygen atoms in total. The third-order valence-corrected chi connectivity index (χ3v) is 4.27. The lowest BCUT2D eigenvalue weighted by molar-refractivity contribution is 0.0697. The first-order valence-electron chi connectivity index (χ1n) is 7.58. The number of carboxylic acid groups (broad SMARTS) is 1. The fourth-order valence-corrected chi connectivity index (χ4v) is 3.09. The number of carbonyl (C=O) groups is 1. The summed E-state index contributed by atoms with van der Waals surface area (Å²) in [5.74, 6) is 0.0435. The van der Waals surface area contributed by atoms with E-state index in [0.717, 1.165) is 29.9 Å². The molecule has 2 aromatic rings. The van der Waals surface area contributed by atoms with E-state index in [2.05, 4.69) is 14.5 Å². The smallest absolute Gasteiger partial charge is 0.335 e. The van der Waals surface area contributed by atoms with Crippen LogP contribution in [0.1, 0.15) is 35.4 Å². The third kappa shape index (κ3) is 2.93. The molecule has 1 aliphatic heterocycles. The summed E-state index contributed by atoms with van der Waals surface area (Å²) in [6, 6.07) is 5.18. The molecule has 0 bridgehead atoms. The Kier molecular flexibility index (Phi) is 3.92. The maximum atomic E-state index is 11.0. The SMILES string of the molecule is Cc1nc2cc(C(=O)O)ccc2n1CCN1CCCCC1. The van der Waals surface area contributed by atoms with Gasteiger partial charge in [0.1, 0.15) is 5.82 Å². The number of fused-ring (bicyclic) bond motifs is 1. The minimum Gasteiger partial charge on any atom is -0.478 e. The number of aromatic carboxylic acids is 1. The molecule has 1 aromatic carbocycles. The predicted octanol–water partition coefficient (Wildman–Crippen LogP) is 2.53.